The highest BCUT2D eigenvalue weighted by Gasteiger charge is 2.28. The molecule has 0 aliphatic carbocycles. The van der Waals surface area contributed by atoms with Crippen molar-refractivity contribution in [1.82, 2.24) is 16.0 Å². The predicted octanol–water partition coefficient (Wildman–Crippen LogP) is 1.84. The Bertz CT molecular complexity index is 693. The zero-order valence-electron chi connectivity index (χ0n) is 25.0. The Morgan fingerprint density at radius 1 is 0.525 bits per heavy atom. The third kappa shape index (κ3) is 19.8. The molecule has 0 aromatic rings. The SMILES string of the molecule is CCCCCCCCCCCCCC(=O)NC(CCCN)C(=O)NC(CCCN)C(=O)NC(CCCN)C(N)=O. The number of unbranched alkanes of at least 4 members (excludes halogenated alkanes) is 10. The first kappa shape index (κ1) is 37.8. The van der Waals surface area contributed by atoms with E-state index < -0.39 is 35.8 Å². The topological polar surface area (TPSA) is 208 Å². The smallest absolute Gasteiger partial charge is 0.243 e. The molecule has 0 heterocycles. The van der Waals surface area contributed by atoms with Crippen molar-refractivity contribution in [2.45, 2.75) is 141 Å². The summed E-state index contributed by atoms with van der Waals surface area (Å²) in [6.45, 7) is 3.29. The number of amides is 4. The lowest BCUT2D eigenvalue weighted by Gasteiger charge is -2.25. The van der Waals surface area contributed by atoms with Crippen molar-refractivity contribution in [3.63, 3.8) is 0 Å². The van der Waals surface area contributed by atoms with Crippen LogP contribution in [0.15, 0.2) is 0 Å². The lowest BCUT2D eigenvalue weighted by Crippen LogP contribution is -2.56. The zero-order chi connectivity index (χ0) is 30.0. The second kappa shape index (κ2) is 25.7. The van der Waals surface area contributed by atoms with Crippen LogP contribution in [-0.4, -0.2) is 61.4 Å². The van der Waals surface area contributed by atoms with Crippen molar-refractivity contribution >= 4 is 23.6 Å². The molecule has 0 bridgehead atoms. The number of nitrogens with one attached hydrogen (secondary N) is 3. The highest BCUT2D eigenvalue weighted by molar-refractivity contribution is 5.93. The molecule has 0 radical (unpaired) electrons. The molecule has 40 heavy (non-hydrogen) atoms. The van der Waals surface area contributed by atoms with Crippen LogP contribution in [0.4, 0.5) is 0 Å². The summed E-state index contributed by atoms with van der Waals surface area (Å²) in [5.41, 5.74) is 22.2. The van der Waals surface area contributed by atoms with Gasteiger partial charge in [0.2, 0.25) is 23.6 Å². The zero-order valence-corrected chi connectivity index (χ0v) is 25.0. The van der Waals surface area contributed by atoms with Crippen molar-refractivity contribution in [3.05, 3.63) is 0 Å². The predicted molar refractivity (Wildman–Crippen MR) is 161 cm³/mol. The van der Waals surface area contributed by atoms with Crippen molar-refractivity contribution in [2.75, 3.05) is 19.6 Å². The summed E-state index contributed by atoms with van der Waals surface area (Å²) >= 11 is 0. The summed E-state index contributed by atoms with van der Waals surface area (Å²) in [5, 5.41) is 8.18. The van der Waals surface area contributed by atoms with Crippen LogP contribution in [0.3, 0.4) is 0 Å². The third-order valence-corrected chi connectivity index (χ3v) is 7.04. The maximum absolute atomic E-state index is 13.1. The van der Waals surface area contributed by atoms with Crippen LogP contribution in [0, 0.1) is 0 Å². The van der Waals surface area contributed by atoms with Gasteiger partial charge in [-0.15, -0.1) is 0 Å². The van der Waals surface area contributed by atoms with Gasteiger partial charge < -0.3 is 38.9 Å². The minimum Gasteiger partial charge on any atom is -0.368 e. The first-order valence-corrected chi connectivity index (χ1v) is 15.6. The number of hydrogen-bond acceptors (Lipinski definition) is 7. The molecule has 0 saturated carbocycles. The molecular weight excluding hydrogens is 510 g/mol. The number of carbonyl (C=O) groups excluding carboxylic acids is 4. The quantitative estimate of drug-likeness (QED) is 0.0729. The normalized spacial score (nSPS) is 13.3. The van der Waals surface area contributed by atoms with Crippen LogP contribution in [-0.2, 0) is 19.2 Å². The van der Waals surface area contributed by atoms with Gasteiger partial charge in [0.1, 0.15) is 18.1 Å². The van der Waals surface area contributed by atoms with E-state index in [0.717, 1.165) is 19.3 Å². The molecule has 11 heteroatoms. The Labute approximate surface area is 242 Å². The third-order valence-electron chi connectivity index (χ3n) is 7.04. The van der Waals surface area contributed by atoms with E-state index >= 15 is 0 Å². The van der Waals surface area contributed by atoms with Crippen molar-refractivity contribution in [1.29, 1.82) is 0 Å². The van der Waals surface area contributed by atoms with Crippen LogP contribution in [0.25, 0.3) is 0 Å². The Hall–Kier alpha value is -2.24. The Morgan fingerprint density at radius 2 is 0.900 bits per heavy atom. The van der Waals surface area contributed by atoms with E-state index in [0.29, 0.717) is 58.2 Å². The van der Waals surface area contributed by atoms with Gasteiger partial charge in [0.15, 0.2) is 0 Å². The standard InChI is InChI=1S/C29H59N7O4/c1-2-3-4-5-6-7-8-9-10-11-12-19-26(37)34-24(17-14-21-31)28(39)36-25(18-15-22-32)29(40)35-23(27(33)38)16-13-20-30/h23-25H,2-22,30-32H2,1H3,(H2,33,38)(H,34,37)(H,35,40)(H,36,39). The van der Waals surface area contributed by atoms with E-state index in [1.165, 1.54) is 51.4 Å². The summed E-state index contributed by atoms with van der Waals surface area (Å²) in [4.78, 5) is 50.4. The molecular formula is C29H59N7O4. The van der Waals surface area contributed by atoms with Crippen molar-refractivity contribution in [3.8, 4) is 0 Å². The summed E-state index contributed by atoms with van der Waals surface area (Å²) in [6, 6.07) is -2.60. The van der Waals surface area contributed by atoms with Gasteiger partial charge in [0.25, 0.3) is 0 Å². The van der Waals surface area contributed by atoms with E-state index in [1.807, 2.05) is 0 Å². The van der Waals surface area contributed by atoms with Gasteiger partial charge >= 0.3 is 0 Å². The highest BCUT2D eigenvalue weighted by Crippen LogP contribution is 2.12. The molecule has 3 atom stereocenters. The van der Waals surface area contributed by atoms with Gasteiger partial charge in [-0.25, -0.2) is 0 Å². The van der Waals surface area contributed by atoms with Gasteiger partial charge in [0, 0.05) is 6.42 Å². The Kier molecular flexibility index (Phi) is 24.3. The van der Waals surface area contributed by atoms with Crippen LogP contribution >= 0.6 is 0 Å². The summed E-state index contributed by atoms with van der Waals surface area (Å²) in [5.74, 6) is -1.84. The second-order valence-corrected chi connectivity index (χ2v) is 10.7. The van der Waals surface area contributed by atoms with Gasteiger partial charge in [-0.05, 0) is 64.6 Å². The molecule has 0 aliphatic heterocycles. The molecule has 234 valence electrons. The number of carbonyl (C=O) groups is 4. The molecule has 0 spiro atoms. The first-order valence-electron chi connectivity index (χ1n) is 15.6. The van der Waals surface area contributed by atoms with Crippen molar-refractivity contribution < 1.29 is 19.2 Å². The molecule has 0 aromatic heterocycles. The van der Waals surface area contributed by atoms with Crippen LogP contribution in [0.2, 0.25) is 0 Å². The summed E-state index contributed by atoms with van der Waals surface area (Å²) in [7, 11) is 0. The van der Waals surface area contributed by atoms with Crippen molar-refractivity contribution in [2.24, 2.45) is 22.9 Å². The van der Waals surface area contributed by atoms with Gasteiger partial charge in [0.05, 0.1) is 0 Å². The minimum atomic E-state index is -0.917. The number of rotatable bonds is 27. The van der Waals surface area contributed by atoms with Crippen LogP contribution in [0.1, 0.15) is 122 Å². The lowest BCUT2D eigenvalue weighted by molar-refractivity contribution is -0.133. The van der Waals surface area contributed by atoms with E-state index in [1.54, 1.807) is 0 Å². The lowest BCUT2D eigenvalue weighted by atomic mass is 10.0. The van der Waals surface area contributed by atoms with E-state index in [2.05, 4.69) is 22.9 Å². The Morgan fingerprint density at radius 3 is 1.32 bits per heavy atom. The van der Waals surface area contributed by atoms with Crippen LogP contribution < -0.4 is 38.9 Å². The number of nitrogens with two attached hydrogens (primary N) is 4. The van der Waals surface area contributed by atoms with Crippen LogP contribution in [0.5, 0.6) is 0 Å². The van der Waals surface area contributed by atoms with Gasteiger partial charge in [-0.1, -0.05) is 71.1 Å². The molecule has 11 nitrogen and oxygen atoms in total. The molecule has 0 fully saturated rings. The van der Waals surface area contributed by atoms with E-state index in [-0.39, 0.29) is 12.3 Å². The number of hydrogen-bond donors (Lipinski definition) is 7. The van der Waals surface area contributed by atoms with E-state index in [4.69, 9.17) is 22.9 Å². The summed E-state index contributed by atoms with van der Waals surface area (Å²) < 4.78 is 0. The molecule has 0 saturated heterocycles. The Balaban J connectivity index is 4.76. The summed E-state index contributed by atoms with van der Waals surface area (Å²) in [6.07, 6.45) is 16.0. The molecule has 0 rings (SSSR count). The number of primary amides is 1. The fourth-order valence-electron chi connectivity index (χ4n) is 4.55. The maximum Gasteiger partial charge on any atom is 0.243 e. The minimum absolute atomic E-state index is 0.188. The second-order valence-electron chi connectivity index (χ2n) is 10.7. The fraction of sp³-hybridized carbons (Fsp3) is 0.862. The fourth-order valence-corrected chi connectivity index (χ4v) is 4.55. The molecule has 0 aliphatic rings. The van der Waals surface area contributed by atoms with Gasteiger partial charge in [-0.2, -0.15) is 0 Å². The average Bonchev–Trinajstić information content (AvgIpc) is 2.93. The molecule has 0 aromatic carbocycles. The average molecular weight is 570 g/mol. The van der Waals surface area contributed by atoms with Gasteiger partial charge in [-0.3, -0.25) is 19.2 Å². The monoisotopic (exact) mass is 569 g/mol. The molecule has 3 unspecified atom stereocenters. The molecule has 11 N–H and O–H groups in total. The largest absolute Gasteiger partial charge is 0.368 e. The first-order chi connectivity index (χ1) is 19.3. The molecule has 4 amide bonds. The maximum atomic E-state index is 13.1. The van der Waals surface area contributed by atoms with E-state index in [9.17, 15) is 19.2 Å². The highest BCUT2D eigenvalue weighted by atomic mass is 16.2.